The van der Waals surface area contributed by atoms with E-state index in [1.54, 1.807) is 11.8 Å². The van der Waals surface area contributed by atoms with Crippen LogP contribution in [-0.2, 0) is 6.54 Å². The summed E-state index contributed by atoms with van der Waals surface area (Å²) in [6.07, 6.45) is 1.82. The summed E-state index contributed by atoms with van der Waals surface area (Å²) in [4.78, 5) is 9.06. The molecule has 3 aromatic rings. The molecule has 1 unspecified atom stereocenters. The van der Waals surface area contributed by atoms with Gasteiger partial charge in [-0.2, -0.15) is 5.26 Å². The summed E-state index contributed by atoms with van der Waals surface area (Å²) in [6.45, 7) is 0.850. The van der Waals surface area contributed by atoms with Crippen molar-refractivity contribution >= 4 is 22.8 Å². The van der Waals surface area contributed by atoms with Crippen molar-refractivity contribution in [3.8, 4) is 6.07 Å². The van der Waals surface area contributed by atoms with Gasteiger partial charge in [0.05, 0.1) is 33.6 Å². The highest BCUT2D eigenvalue weighted by molar-refractivity contribution is 7.99. The number of nitriles is 1. The van der Waals surface area contributed by atoms with Crippen LogP contribution in [0.3, 0.4) is 0 Å². The molecule has 4 rings (SSSR count). The third kappa shape index (κ3) is 1.69. The van der Waals surface area contributed by atoms with Crippen molar-refractivity contribution in [2.24, 2.45) is 0 Å². The number of fused-ring (bicyclic) bond motifs is 3. The molecule has 1 aliphatic heterocycles. The van der Waals surface area contributed by atoms with Crippen LogP contribution in [0.1, 0.15) is 16.5 Å². The van der Waals surface area contributed by atoms with Crippen molar-refractivity contribution in [2.75, 3.05) is 0 Å². The molecule has 0 radical (unpaired) electrons. The zero-order valence-electron chi connectivity index (χ0n) is 10.5. The van der Waals surface area contributed by atoms with Crippen LogP contribution in [0.2, 0.25) is 0 Å². The molecule has 0 bridgehead atoms. The first-order valence-corrected chi connectivity index (χ1v) is 7.21. The summed E-state index contributed by atoms with van der Waals surface area (Å²) in [5.74, 6) is 0. The average molecular weight is 278 g/mol. The highest BCUT2D eigenvalue weighted by Gasteiger charge is 2.27. The average Bonchev–Trinajstić information content (AvgIpc) is 3.05. The van der Waals surface area contributed by atoms with Crippen LogP contribution in [0.5, 0.6) is 0 Å². The van der Waals surface area contributed by atoms with Gasteiger partial charge in [-0.1, -0.05) is 17.8 Å². The summed E-state index contributed by atoms with van der Waals surface area (Å²) in [5.41, 5.74) is 3.73. The molecule has 1 aromatic carbocycles. The van der Waals surface area contributed by atoms with Crippen molar-refractivity contribution < 1.29 is 0 Å². The molecule has 2 aromatic heterocycles. The van der Waals surface area contributed by atoms with E-state index in [-0.39, 0.29) is 0 Å². The van der Waals surface area contributed by atoms with Gasteiger partial charge in [0.15, 0.2) is 5.16 Å². The van der Waals surface area contributed by atoms with Gasteiger partial charge in [-0.3, -0.25) is 4.98 Å². The Balaban J connectivity index is 1.77. The minimum Gasteiger partial charge on any atom is -0.317 e. The fourth-order valence-electron chi connectivity index (χ4n) is 2.49. The van der Waals surface area contributed by atoms with Crippen LogP contribution in [0.4, 0.5) is 0 Å². The third-order valence-electron chi connectivity index (χ3n) is 3.46. The van der Waals surface area contributed by atoms with Gasteiger partial charge in [0.25, 0.3) is 0 Å². The van der Waals surface area contributed by atoms with Crippen molar-refractivity contribution in [2.45, 2.75) is 17.0 Å². The molecule has 96 valence electrons. The minimum absolute atomic E-state index is 0.300. The number of rotatable bonds is 1. The van der Waals surface area contributed by atoms with Gasteiger partial charge in [-0.25, -0.2) is 4.98 Å². The van der Waals surface area contributed by atoms with E-state index in [0.717, 1.165) is 28.4 Å². The number of imidazole rings is 1. The number of hydrogen-bond acceptors (Lipinski definition) is 4. The quantitative estimate of drug-likeness (QED) is 0.686. The van der Waals surface area contributed by atoms with Crippen molar-refractivity contribution in [1.82, 2.24) is 14.5 Å². The van der Waals surface area contributed by atoms with E-state index in [9.17, 15) is 0 Å². The number of hydrogen-bond donors (Lipinski definition) is 0. The summed E-state index contributed by atoms with van der Waals surface area (Å²) in [7, 11) is 0. The van der Waals surface area contributed by atoms with Gasteiger partial charge in [-0.15, -0.1) is 0 Å². The summed E-state index contributed by atoms with van der Waals surface area (Å²) >= 11 is 1.73. The van der Waals surface area contributed by atoms with Crippen LogP contribution in [0.25, 0.3) is 11.0 Å². The monoisotopic (exact) mass is 278 g/mol. The molecular weight excluding hydrogens is 268 g/mol. The van der Waals surface area contributed by atoms with Gasteiger partial charge < -0.3 is 4.57 Å². The number of aromatic nitrogens is 3. The first-order chi connectivity index (χ1) is 9.85. The lowest BCUT2D eigenvalue weighted by molar-refractivity contribution is 0.674. The van der Waals surface area contributed by atoms with Gasteiger partial charge in [0.2, 0.25) is 0 Å². The highest BCUT2D eigenvalue weighted by atomic mass is 32.2. The summed E-state index contributed by atoms with van der Waals surface area (Å²) in [5, 5.41) is 10.3. The molecule has 0 spiro atoms. The Bertz CT molecular complexity index is 832. The zero-order valence-corrected chi connectivity index (χ0v) is 11.3. The molecule has 0 aliphatic carbocycles. The van der Waals surface area contributed by atoms with Crippen molar-refractivity contribution in [3.05, 3.63) is 53.9 Å². The molecule has 0 saturated carbocycles. The lowest BCUT2D eigenvalue weighted by Crippen LogP contribution is -2.00. The largest absolute Gasteiger partial charge is 0.317 e. The Labute approximate surface area is 120 Å². The molecular formula is C15H10N4S. The second-order valence-corrected chi connectivity index (χ2v) is 5.85. The van der Waals surface area contributed by atoms with E-state index in [1.807, 2.05) is 42.6 Å². The van der Waals surface area contributed by atoms with Crippen LogP contribution in [0, 0.1) is 11.3 Å². The van der Waals surface area contributed by atoms with E-state index < -0.39 is 0 Å². The summed E-state index contributed by atoms with van der Waals surface area (Å²) in [6, 6.07) is 13.8. The SMILES string of the molecule is N#Cc1ccc2nc3n(c2c1)CC(c1ccccn1)S3. The van der Waals surface area contributed by atoms with Crippen molar-refractivity contribution in [1.29, 1.82) is 5.26 Å². The number of nitrogens with zero attached hydrogens (tertiary/aromatic N) is 4. The Hall–Kier alpha value is -2.32. The summed E-state index contributed by atoms with van der Waals surface area (Å²) < 4.78 is 2.18. The first-order valence-electron chi connectivity index (χ1n) is 6.33. The van der Waals surface area contributed by atoms with E-state index in [4.69, 9.17) is 5.26 Å². The van der Waals surface area contributed by atoms with Crippen LogP contribution < -0.4 is 0 Å². The number of pyridine rings is 1. The lowest BCUT2D eigenvalue weighted by atomic mass is 10.2. The van der Waals surface area contributed by atoms with Gasteiger partial charge >= 0.3 is 0 Å². The molecule has 4 nitrogen and oxygen atoms in total. The Morgan fingerprint density at radius 1 is 1.30 bits per heavy atom. The van der Waals surface area contributed by atoms with Gasteiger partial charge in [0.1, 0.15) is 0 Å². The Morgan fingerprint density at radius 2 is 2.25 bits per heavy atom. The standard InChI is InChI=1S/C15H10N4S/c16-8-10-4-5-11-13(7-10)19-9-14(20-15(19)18-11)12-3-1-2-6-17-12/h1-7,14H,9H2. The predicted octanol–water partition coefficient (Wildman–Crippen LogP) is 3.15. The Kier molecular flexibility index (Phi) is 2.51. The normalized spacial score (nSPS) is 17.1. The zero-order chi connectivity index (χ0) is 13.5. The van der Waals surface area contributed by atoms with Crippen molar-refractivity contribution in [3.63, 3.8) is 0 Å². The minimum atomic E-state index is 0.300. The maximum absolute atomic E-state index is 9.02. The van der Waals surface area contributed by atoms with E-state index in [0.29, 0.717) is 10.8 Å². The maximum Gasteiger partial charge on any atom is 0.169 e. The maximum atomic E-state index is 9.02. The highest BCUT2D eigenvalue weighted by Crippen LogP contribution is 2.43. The lowest BCUT2D eigenvalue weighted by Gasteiger charge is -2.07. The molecule has 1 atom stereocenters. The first kappa shape index (κ1) is 11.5. The fourth-order valence-corrected chi connectivity index (χ4v) is 3.68. The van der Waals surface area contributed by atoms with Gasteiger partial charge in [0, 0.05) is 12.7 Å². The predicted molar refractivity (Wildman–Crippen MR) is 77.3 cm³/mol. The molecule has 0 fully saturated rings. The van der Waals surface area contributed by atoms with E-state index >= 15 is 0 Å². The molecule has 0 saturated heterocycles. The fraction of sp³-hybridized carbons (Fsp3) is 0.133. The molecule has 0 N–H and O–H groups in total. The van der Waals surface area contributed by atoms with Crippen LogP contribution >= 0.6 is 11.8 Å². The van der Waals surface area contributed by atoms with Crippen LogP contribution in [-0.4, -0.2) is 14.5 Å². The van der Waals surface area contributed by atoms with Gasteiger partial charge in [-0.05, 0) is 30.3 Å². The van der Waals surface area contributed by atoms with E-state index in [1.165, 1.54) is 0 Å². The smallest absolute Gasteiger partial charge is 0.169 e. The molecule has 5 heteroatoms. The number of benzene rings is 1. The third-order valence-corrected chi connectivity index (χ3v) is 4.65. The number of thioether (sulfide) groups is 1. The van der Waals surface area contributed by atoms with Crippen LogP contribution in [0.15, 0.2) is 47.8 Å². The molecule has 0 amide bonds. The Morgan fingerprint density at radius 3 is 3.05 bits per heavy atom. The topological polar surface area (TPSA) is 54.5 Å². The molecule has 3 heterocycles. The molecule has 1 aliphatic rings. The second kappa shape index (κ2) is 4.36. The van der Waals surface area contributed by atoms with E-state index in [2.05, 4.69) is 20.6 Å². The second-order valence-electron chi connectivity index (χ2n) is 4.68. The molecule has 20 heavy (non-hydrogen) atoms.